The Bertz CT molecular complexity index is 854. The molecule has 28 heavy (non-hydrogen) atoms. The zero-order valence-electron chi connectivity index (χ0n) is 15.0. The Morgan fingerprint density at radius 1 is 0.964 bits per heavy atom. The van der Waals surface area contributed by atoms with Gasteiger partial charge in [-0.1, -0.05) is 12.1 Å². The molecule has 2 fully saturated rings. The Morgan fingerprint density at radius 2 is 1.61 bits per heavy atom. The minimum absolute atomic E-state index is 0.0142. The molecule has 0 radical (unpaired) electrons. The third-order valence-electron chi connectivity index (χ3n) is 5.42. The van der Waals surface area contributed by atoms with Crippen molar-refractivity contribution in [3.63, 3.8) is 0 Å². The molecule has 1 aliphatic heterocycles. The Kier molecular flexibility index (Phi) is 4.64. The number of carbonyl (C=O) groups excluding carboxylic acids is 2. The Balaban J connectivity index is 1.31. The van der Waals surface area contributed by atoms with Gasteiger partial charge >= 0.3 is 6.18 Å². The molecule has 2 atom stereocenters. The van der Waals surface area contributed by atoms with Gasteiger partial charge in [-0.05, 0) is 36.1 Å². The van der Waals surface area contributed by atoms with Gasteiger partial charge in [-0.3, -0.25) is 9.59 Å². The number of rotatable bonds is 3. The van der Waals surface area contributed by atoms with E-state index >= 15 is 0 Å². The van der Waals surface area contributed by atoms with Crippen molar-refractivity contribution in [2.45, 2.75) is 18.5 Å². The lowest BCUT2D eigenvalue weighted by Crippen LogP contribution is -2.51. The number of furan rings is 1. The highest BCUT2D eigenvalue weighted by atomic mass is 19.4. The topological polar surface area (TPSA) is 53.8 Å². The van der Waals surface area contributed by atoms with Gasteiger partial charge < -0.3 is 14.2 Å². The van der Waals surface area contributed by atoms with E-state index in [1.54, 1.807) is 15.9 Å². The van der Waals surface area contributed by atoms with Gasteiger partial charge in [0.25, 0.3) is 5.91 Å². The number of amides is 2. The van der Waals surface area contributed by atoms with Gasteiger partial charge in [0.15, 0.2) is 0 Å². The van der Waals surface area contributed by atoms with Gasteiger partial charge in [-0.15, -0.1) is 0 Å². The maximum Gasteiger partial charge on any atom is 0.416 e. The second kappa shape index (κ2) is 7.00. The number of benzene rings is 1. The molecule has 4 rings (SSSR count). The molecule has 2 aromatic rings. The van der Waals surface area contributed by atoms with Crippen molar-refractivity contribution in [1.82, 2.24) is 9.80 Å². The largest absolute Gasteiger partial charge is 0.472 e. The van der Waals surface area contributed by atoms with Gasteiger partial charge in [0.05, 0.1) is 17.4 Å². The quantitative estimate of drug-likeness (QED) is 0.805. The number of nitrogens with zero attached hydrogens (tertiary/aromatic N) is 2. The van der Waals surface area contributed by atoms with Crippen LogP contribution in [0.25, 0.3) is 0 Å². The van der Waals surface area contributed by atoms with Crippen LogP contribution in [0.4, 0.5) is 13.2 Å². The van der Waals surface area contributed by atoms with Crippen molar-refractivity contribution in [2.75, 3.05) is 26.2 Å². The van der Waals surface area contributed by atoms with E-state index in [1.165, 1.54) is 24.7 Å². The average Bonchev–Trinajstić information content (AvgIpc) is 3.30. The fourth-order valence-electron chi connectivity index (χ4n) is 3.69. The van der Waals surface area contributed by atoms with E-state index in [9.17, 15) is 22.8 Å². The molecule has 1 aliphatic carbocycles. The Labute approximate surface area is 159 Å². The van der Waals surface area contributed by atoms with Gasteiger partial charge in [0, 0.05) is 32.1 Å². The number of hydrogen-bond acceptors (Lipinski definition) is 3. The van der Waals surface area contributed by atoms with Crippen LogP contribution in [0.3, 0.4) is 0 Å². The summed E-state index contributed by atoms with van der Waals surface area (Å²) in [5.74, 6) is -0.316. The first kappa shape index (κ1) is 18.6. The molecule has 1 aromatic heterocycles. The molecule has 0 bridgehead atoms. The summed E-state index contributed by atoms with van der Waals surface area (Å²) in [7, 11) is 0. The van der Waals surface area contributed by atoms with E-state index in [4.69, 9.17) is 4.42 Å². The molecule has 2 heterocycles. The second-order valence-electron chi connectivity index (χ2n) is 7.20. The number of halogens is 3. The van der Waals surface area contributed by atoms with Crippen molar-refractivity contribution in [3.05, 3.63) is 59.5 Å². The Hall–Kier alpha value is -2.77. The first-order chi connectivity index (χ1) is 13.3. The molecule has 2 amide bonds. The third kappa shape index (κ3) is 3.63. The average molecular weight is 392 g/mol. The lowest BCUT2D eigenvalue weighted by Gasteiger charge is -2.34. The molecule has 148 valence electrons. The van der Waals surface area contributed by atoms with Crippen LogP contribution in [-0.2, 0) is 11.0 Å². The summed E-state index contributed by atoms with van der Waals surface area (Å²) in [5.41, 5.74) is 0.572. The lowest BCUT2D eigenvalue weighted by atomic mass is 10.1. The van der Waals surface area contributed by atoms with Crippen molar-refractivity contribution < 1.29 is 27.2 Å². The van der Waals surface area contributed by atoms with Gasteiger partial charge in [0.1, 0.15) is 6.26 Å². The minimum Gasteiger partial charge on any atom is -0.472 e. The van der Waals surface area contributed by atoms with E-state index in [-0.39, 0.29) is 23.7 Å². The smallest absolute Gasteiger partial charge is 0.416 e. The Morgan fingerprint density at radius 3 is 2.18 bits per heavy atom. The van der Waals surface area contributed by atoms with Gasteiger partial charge in [-0.25, -0.2) is 0 Å². The second-order valence-corrected chi connectivity index (χ2v) is 7.20. The SMILES string of the molecule is O=C(c1ccoc1)N1CCN(C(=O)C2CC2c2ccc(C(F)(F)F)cc2)CC1. The van der Waals surface area contributed by atoms with Crippen molar-refractivity contribution in [3.8, 4) is 0 Å². The molecular weight excluding hydrogens is 373 g/mol. The minimum atomic E-state index is -4.36. The zero-order valence-corrected chi connectivity index (χ0v) is 15.0. The summed E-state index contributed by atoms with van der Waals surface area (Å²) in [4.78, 5) is 28.4. The van der Waals surface area contributed by atoms with Crippen LogP contribution in [-0.4, -0.2) is 47.8 Å². The predicted octanol–water partition coefficient (Wildman–Crippen LogP) is 3.39. The summed E-state index contributed by atoms with van der Waals surface area (Å²) in [6, 6.07) is 6.66. The molecule has 8 heteroatoms. The van der Waals surface area contributed by atoms with Crippen molar-refractivity contribution in [2.24, 2.45) is 5.92 Å². The van der Waals surface area contributed by atoms with Crippen LogP contribution in [0.1, 0.15) is 33.8 Å². The number of carbonyl (C=O) groups is 2. The van der Waals surface area contributed by atoms with Crippen LogP contribution < -0.4 is 0 Å². The van der Waals surface area contributed by atoms with Gasteiger partial charge in [-0.2, -0.15) is 13.2 Å². The van der Waals surface area contributed by atoms with E-state index in [0.717, 1.165) is 17.7 Å². The van der Waals surface area contributed by atoms with Crippen molar-refractivity contribution in [1.29, 1.82) is 0 Å². The molecular formula is C20H19F3N2O3. The van der Waals surface area contributed by atoms with Crippen LogP contribution in [0.5, 0.6) is 0 Å². The molecule has 5 nitrogen and oxygen atoms in total. The van der Waals surface area contributed by atoms with Crippen LogP contribution >= 0.6 is 0 Å². The fourth-order valence-corrected chi connectivity index (χ4v) is 3.69. The molecule has 1 aromatic carbocycles. The van der Waals surface area contributed by atoms with E-state index in [2.05, 4.69) is 0 Å². The summed E-state index contributed by atoms with van der Waals surface area (Å²) in [6.45, 7) is 1.82. The first-order valence-corrected chi connectivity index (χ1v) is 9.12. The van der Waals surface area contributed by atoms with Gasteiger partial charge in [0.2, 0.25) is 5.91 Å². The molecule has 1 saturated carbocycles. The molecule has 0 N–H and O–H groups in total. The zero-order chi connectivity index (χ0) is 19.9. The third-order valence-corrected chi connectivity index (χ3v) is 5.42. The summed E-state index contributed by atoms with van der Waals surface area (Å²) in [6.07, 6.45) is -0.858. The monoisotopic (exact) mass is 392 g/mol. The highest BCUT2D eigenvalue weighted by Crippen LogP contribution is 2.49. The highest BCUT2D eigenvalue weighted by Gasteiger charge is 2.46. The molecule has 1 saturated heterocycles. The van der Waals surface area contributed by atoms with E-state index in [0.29, 0.717) is 38.2 Å². The van der Waals surface area contributed by atoms with Crippen LogP contribution in [0.2, 0.25) is 0 Å². The number of hydrogen-bond donors (Lipinski definition) is 0. The maximum absolute atomic E-state index is 12.7. The number of alkyl halides is 3. The molecule has 2 aliphatic rings. The highest BCUT2D eigenvalue weighted by molar-refractivity contribution is 5.94. The van der Waals surface area contributed by atoms with Crippen molar-refractivity contribution >= 4 is 11.8 Å². The summed E-state index contributed by atoms with van der Waals surface area (Å²) < 4.78 is 42.9. The maximum atomic E-state index is 12.7. The number of piperazine rings is 1. The first-order valence-electron chi connectivity index (χ1n) is 9.12. The standard InChI is InChI=1S/C20H19F3N2O3/c21-20(22,23)15-3-1-13(2-4-15)16-11-17(16)19(27)25-8-6-24(7-9-25)18(26)14-5-10-28-12-14/h1-5,10,12,16-17H,6-9,11H2. The molecule has 2 unspecified atom stereocenters. The molecule has 0 spiro atoms. The van der Waals surface area contributed by atoms with Crippen LogP contribution in [0, 0.1) is 5.92 Å². The predicted molar refractivity (Wildman–Crippen MR) is 93.5 cm³/mol. The fraction of sp³-hybridized carbons (Fsp3) is 0.400. The summed E-state index contributed by atoms with van der Waals surface area (Å²) >= 11 is 0. The summed E-state index contributed by atoms with van der Waals surface area (Å²) in [5, 5.41) is 0. The lowest BCUT2D eigenvalue weighted by molar-refractivity contribution is -0.137. The van der Waals surface area contributed by atoms with E-state index in [1.807, 2.05) is 0 Å². The normalized spacial score (nSPS) is 22.2. The van der Waals surface area contributed by atoms with E-state index < -0.39 is 11.7 Å². The van der Waals surface area contributed by atoms with Crippen LogP contribution in [0.15, 0.2) is 47.3 Å².